The van der Waals surface area contributed by atoms with Crippen molar-refractivity contribution < 1.29 is 17.9 Å². The summed E-state index contributed by atoms with van der Waals surface area (Å²) in [5.41, 5.74) is 0.360. The van der Waals surface area contributed by atoms with Crippen LogP contribution in [0.25, 0.3) is 0 Å². The summed E-state index contributed by atoms with van der Waals surface area (Å²) in [4.78, 5) is 1.28. The predicted octanol–water partition coefficient (Wildman–Crippen LogP) is 3.41. The Morgan fingerprint density at radius 2 is 1.95 bits per heavy atom. The molecule has 0 radical (unpaired) electrons. The van der Waals surface area contributed by atoms with Crippen LogP contribution in [0.1, 0.15) is 23.6 Å². The highest BCUT2D eigenvalue weighted by molar-refractivity contribution is 6.10. The molecular formula is C15H16F3N3O. The van der Waals surface area contributed by atoms with Gasteiger partial charge in [-0.1, -0.05) is 0 Å². The van der Waals surface area contributed by atoms with E-state index in [0.29, 0.717) is 5.56 Å². The van der Waals surface area contributed by atoms with Crippen LogP contribution >= 0.6 is 0 Å². The highest BCUT2D eigenvalue weighted by Gasteiger charge is 2.19. The van der Waals surface area contributed by atoms with E-state index in [9.17, 15) is 13.2 Å². The number of nitriles is 1. The summed E-state index contributed by atoms with van der Waals surface area (Å²) >= 11 is 0. The number of benzene rings is 1. The van der Waals surface area contributed by atoms with Gasteiger partial charge in [-0.05, 0) is 31.5 Å². The van der Waals surface area contributed by atoms with Crippen LogP contribution in [-0.4, -0.2) is 31.3 Å². The molecule has 1 N–H and O–H groups in total. The van der Waals surface area contributed by atoms with Crippen LogP contribution < -0.4 is 0 Å². The Kier molecular flexibility index (Phi) is 5.57. The first-order valence-corrected chi connectivity index (χ1v) is 6.31. The molecule has 0 aromatic heterocycles. The van der Waals surface area contributed by atoms with Gasteiger partial charge in [0.05, 0.1) is 17.3 Å². The second-order valence-corrected chi connectivity index (χ2v) is 4.84. The third-order valence-electron chi connectivity index (χ3n) is 3.01. The Bertz CT molecular complexity index is 661. The zero-order valence-corrected chi connectivity index (χ0v) is 12.7. The molecule has 118 valence electrons. The molecule has 1 aromatic rings. The van der Waals surface area contributed by atoms with E-state index in [-0.39, 0.29) is 28.3 Å². The lowest BCUT2D eigenvalue weighted by Crippen LogP contribution is -2.21. The number of nitrogens with zero attached hydrogens (tertiary/aromatic N) is 2. The molecule has 7 heteroatoms. The average Bonchev–Trinajstić information content (AvgIpc) is 2.44. The lowest BCUT2D eigenvalue weighted by atomic mass is 9.98. The molecule has 0 saturated heterocycles. The molecule has 0 fully saturated rings. The largest absolute Gasteiger partial charge is 0.419 e. The molecule has 0 saturated carbocycles. The predicted molar refractivity (Wildman–Crippen MR) is 76.2 cm³/mol. The van der Waals surface area contributed by atoms with E-state index >= 15 is 0 Å². The van der Waals surface area contributed by atoms with E-state index in [0.717, 1.165) is 6.07 Å². The van der Waals surface area contributed by atoms with Crippen molar-refractivity contribution in [3.8, 4) is 6.07 Å². The molecule has 0 aliphatic heterocycles. The Labute approximate surface area is 126 Å². The minimum Gasteiger partial charge on any atom is -0.419 e. The molecule has 0 spiro atoms. The number of nitrogens with one attached hydrogen (secondary N) is 1. The normalized spacial score (nSPS) is 11.8. The maximum Gasteiger partial charge on any atom is 0.388 e. The van der Waals surface area contributed by atoms with Gasteiger partial charge in [-0.3, -0.25) is 5.41 Å². The number of alkyl halides is 2. The number of hydrogen-bond acceptors (Lipinski definition) is 4. The number of rotatable bonds is 5. The summed E-state index contributed by atoms with van der Waals surface area (Å²) in [7, 11) is 2.96. The second kappa shape index (κ2) is 6.98. The number of ether oxygens (including phenoxy) is 1. The van der Waals surface area contributed by atoms with Crippen LogP contribution in [0, 0.1) is 29.5 Å². The first kappa shape index (κ1) is 17.6. The van der Waals surface area contributed by atoms with E-state index in [1.807, 2.05) is 6.07 Å². The van der Waals surface area contributed by atoms with E-state index < -0.39 is 12.4 Å². The second-order valence-electron chi connectivity index (χ2n) is 4.84. The molecule has 1 rings (SSSR count). The molecular weight excluding hydrogens is 295 g/mol. The van der Waals surface area contributed by atoms with Crippen molar-refractivity contribution in [3.05, 3.63) is 46.1 Å². The van der Waals surface area contributed by atoms with Crippen molar-refractivity contribution in [2.75, 3.05) is 14.1 Å². The van der Waals surface area contributed by atoms with Gasteiger partial charge in [0.15, 0.2) is 5.88 Å². The van der Waals surface area contributed by atoms with Crippen LogP contribution in [0.2, 0.25) is 0 Å². The van der Waals surface area contributed by atoms with Gasteiger partial charge >= 0.3 is 6.61 Å². The van der Waals surface area contributed by atoms with Gasteiger partial charge in [-0.2, -0.15) is 14.0 Å². The van der Waals surface area contributed by atoms with Crippen LogP contribution in [0.4, 0.5) is 13.2 Å². The first-order chi connectivity index (χ1) is 10.2. The quantitative estimate of drug-likeness (QED) is 0.669. The molecule has 0 heterocycles. The lowest BCUT2D eigenvalue weighted by Gasteiger charge is -2.21. The number of halogens is 3. The summed E-state index contributed by atoms with van der Waals surface area (Å²) in [6.07, 6.45) is 0. The molecule has 0 atom stereocenters. The van der Waals surface area contributed by atoms with E-state index in [2.05, 4.69) is 4.74 Å². The number of aryl methyl sites for hydroxylation is 1. The van der Waals surface area contributed by atoms with Crippen molar-refractivity contribution in [2.24, 2.45) is 0 Å². The van der Waals surface area contributed by atoms with E-state index in [1.165, 1.54) is 32.0 Å². The van der Waals surface area contributed by atoms with Crippen molar-refractivity contribution in [1.29, 1.82) is 10.7 Å². The van der Waals surface area contributed by atoms with Gasteiger partial charge in [0.25, 0.3) is 0 Å². The maximum atomic E-state index is 14.0. The Morgan fingerprint density at radius 1 is 1.36 bits per heavy atom. The minimum atomic E-state index is -3.05. The van der Waals surface area contributed by atoms with Crippen LogP contribution in [0.5, 0.6) is 0 Å². The summed E-state index contributed by atoms with van der Waals surface area (Å²) in [5.74, 6) is -0.983. The summed E-state index contributed by atoms with van der Waals surface area (Å²) in [5, 5.41) is 16.9. The SMILES string of the molecule is C/C(C(=N)c1cc(C)c(C#N)cc1F)=C(\OC(F)F)N(C)C. The van der Waals surface area contributed by atoms with Gasteiger partial charge in [-0.15, -0.1) is 0 Å². The van der Waals surface area contributed by atoms with E-state index in [4.69, 9.17) is 10.7 Å². The third kappa shape index (κ3) is 3.79. The summed E-state index contributed by atoms with van der Waals surface area (Å²) in [6, 6.07) is 4.21. The molecule has 1 aromatic carbocycles. The molecule has 0 bridgehead atoms. The minimum absolute atomic E-state index is 0.0632. The Morgan fingerprint density at radius 3 is 2.41 bits per heavy atom. The lowest BCUT2D eigenvalue weighted by molar-refractivity contribution is -0.114. The van der Waals surface area contributed by atoms with Crippen LogP contribution in [0.3, 0.4) is 0 Å². The van der Waals surface area contributed by atoms with Crippen LogP contribution in [0.15, 0.2) is 23.6 Å². The van der Waals surface area contributed by atoms with E-state index in [1.54, 1.807) is 6.92 Å². The van der Waals surface area contributed by atoms with Crippen molar-refractivity contribution in [3.63, 3.8) is 0 Å². The smallest absolute Gasteiger partial charge is 0.388 e. The zero-order chi connectivity index (χ0) is 17.0. The fourth-order valence-electron chi connectivity index (χ4n) is 1.92. The molecule has 0 unspecified atom stereocenters. The average molecular weight is 311 g/mol. The van der Waals surface area contributed by atoms with Gasteiger partial charge in [-0.25, -0.2) is 4.39 Å². The molecule has 0 amide bonds. The number of hydrogen-bond donors (Lipinski definition) is 1. The zero-order valence-electron chi connectivity index (χ0n) is 12.7. The summed E-state index contributed by atoms with van der Waals surface area (Å²) in [6.45, 7) is -0.0451. The van der Waals surface area contributed by atoms with Crippen molar-refractivity contribution in [1.82, 2.24) is 4.90 Å². The van der Waals surface area contributed by atoms with Gasteiger partial charge in [0.2, 0.25) is 0 Å². The van der Waals surface area contributed by atoms with Gasteiger partial charge in [0, 0.05) is 25.2 Å². The maximum absolute atomic E-state index is 14.0. The molecule has 0 aliphatic carbocycles. The monoisotopic (exact) mass is 311 g/mol. The van der Waals surface area contributed by atoms with Crippen molar-refractivity contribution in [2.45, 2.75) is 20.5 Å². The fraction of sp³-hybridized carbons (Fsp3) is 0.333. The fourth-order valence-corrected chi connectivity index (χ4v) is 1.92. The standard InChI is InChI=1S/C15H16F3N3O/c1-8-5-11(12(16)6-10(8)7-19)13(20)9(2)14(21(3)4)22-15(17)18/h5-6,15,20H,1-4H3/b14-9+,20-13?. The van der Waals surface area contributed by atoms with Crippen LogP contribution in [-0.2, 0) is 4.74 Å². The first-order valence-electron chi connectivity index (χ1n) is 6.31. The summed E-state index contributed by atoms with van der Waals surface area (Å²) < 4.78 is 43.3. The van der Waals surface area contributed by atoms with Gasteiger partial charge < -0.3 is 9.64 Å². The topological polar surface area (TPSA) is 60.1 Å². The number of allylic oxidation sites excluding steroid dienone is 1. The molecule has 0 aliphatic rings. The van der Waals surface area contributed by atoms with Gasteiger partial charge in [0.1, 0.15) is 5.82 Å². The Hall–Kier alpha value is -2.49. The van der Waals surface area contributed by atoms with Crippen molar-refractivity contribution >= 4 is 5.71 Å². The highest BCUT2D eigenvalue weighted by atomic mass is 19.3. The molecule has 22 heavy (non-hydrogen) atoms. The Balaban J connectivity index is 3.35. The third-order valence-corrected chi connectivity index (χ3v) is 3.01. The highest BCUT2D eigenvalue weighted by Crippen LogP contribution is 2.21. The molecule has 4 nitrogen and oxygen atoms in total.